The Morgan fingerprint density at radius 1 is 1.23 bits per heavy atom. The molecule has 1 N–H and O–H groups in total. The third-order valence-electron chi connectivity index (χ3n) is 1.68. The van der Waals surface area contributed by atoms with Crippen molar-refractivity contribution in [1.29, 1.82) is 0 Å². The van der Waals surface area contributed by atoms with Crippen molar-refractivity contribution >= 4 is 0 Å². The molecule has 1 aromatic carbocycles. The van der Waals surface area contributed by atoms with Gasteiger partial charge in [-0.25, -0.2) is 5.48 Å². The lowest BCUT2D eigenvalue weighted by molar-refractivity contribution is 0.0221. The quantitative estimate of drug-likeness (QED) is 0.553. The molecule has 0 aromatic heterocycles. The molecule has 0 aliphatic heterocycles. The van der Waals surface area contributed by atoms with Crippen LogP contribution in [0, 0.1) is 5.92 Å². The van der Waals surface area contributed by atoms with Crippen LogP contribution in [0.1, 0.15) is 19.4 Å². The summed E-state index contributed by atoms with van der Waals surface area (Å²) >= 11 is 0. The summed E-state index contributed by atoms with van der Waals surface area (Å²) in [7, 11) is 0. The second-order valence-electron chi connectivity index (χ2n) is 3.52. The van der Waals surface area contributed by atoms with E-state index >= 15 is 0 Å². The van der Waals surface area contributed by atoms with Crippen molar-refractivity contribution in [3.8, 4) is 0 Å². The molecule has 0 unspecified atom stereocenters. The number of hydrogen-bond acceptors (Lipinski definition) is 2. The minimum Gasteiger partial charge on any atom is -0.297 e. The van der Waals surface area contributed by atoms with Gasteiger partial charge in [0.1, 0.15) is 0 Å². The maximum Gasteiger partial charge on any atom is 0.0933 e. The minimum absolute atomic E-state index is 0.621. The van der Waals surface area contributed by atoms with E-state index in [0.29, 0.717) is 12.5 Å². The lowest BCUT2D eigenvalue weighted by Gasteiger charge is -2.07. The van der Waals surface area contributed by atoms with Gasteiger partial charge in [0.25, 0.3) is 0 Å². The zero-order valence-electron chi connectivity index (χ0n) is 8.29. The molecule has 0 bridgehead atoms. The Labute approximate surface area is 79.9 Å². The van der Waals surface area contributed by atoms with Gasteiger partial charge in [0, 0.05) is 6.54 Å². The number of nitrogens with one attached hydrogen (secondary N) is 1. The van der Waals surface area contributed by atoms with Gasteiger partial charge in [0.05, 0.1) is 6.61 Å². The van der Waals surface area contributed by atoms with E-state index in [1.165, 1.54) is 5.56 Å². The van der Waals surface area contributed by atoms with Crippen molar-refractivity contribution in [2.45, 2.75) is 20.5 Å². The fraction of sp³-hybridized carbons (Fsp3) is 0.455. The Morgan fingerprint density at radius 3 is 2.54 bits per heavy atom. The number of hydrogen-bond donors (Lipinski definition) is 1. The van der Waals surface area contributed by atoms with Gasteiger partial charge in [-0.3, -0.25) is 4.84 Å². The van der Waals surface area contributed by atoms with Crippen LogP contribution in [0.4, 0.5) is 0 Å². The molecule has 0 radical (unpaired) electrons. The second kappa shape index (κ2) is 5.73. The van der Waals surface area contributed by atoms with Crippen LogP contribution in [0.15, 0.2) is 30.3 Å². The van der Waals surface area contributed by atoms with Crippen LogP contribution in [0.5, 0.6) is 0 Å². The van der Waals surface area contributed by atoms with Gasteiger partial charge in [-0.15, -0.1) is 0 Å². The topological polar surface area (TPSA) is 21.3 Å². The molecule has 72 valence electrons. The standard InChI is InChI=1S/C11H17NO/c1-10(2)8-12-13-9-11-6-4-3-5-7-11/h3-7,10,12H,8-9H2,1-2H3. The van der Waals surface area contributed by atoms with E-state index in [9.17, 15) is 0 Å². The van der Waals surface area contributed by atoms with Crippen LogP contribution in [-0.2, 0) is 11.4 Å². The van der Waals surface area contributed by atoms with Crippen LogP contribution >= 0.6 is 0 Å². The average molecular weight is 179 g/mol. The van der Waals surface area contributed by atoms with Crippen molar-refractivity contribution in [3.05, 3.63) is 35.9 Å². The third kappa shape index (κ3) is 4.65. The molecule has 0 saturated carbocycles. The van der Waals surface area contributed by atoms with E-state index in [0.717, 1.165) is 6.54 Å². The third-order valence-corrected chi connectivity index (χ3v) is 1.68. The highest BCUT2D eigenvalue weighted by atomic mass is 16.6. The molecule has 1 rings (SSSR count). The highest BCUT2D eigenvalue weighted by Crippen LogP contribution is 1.99. The van der Waals surface area contributed by atoms with Crippen LogP contribution in [0.2, 0.25) is 0 Å². The second-order valence-corrected chi connectivity index (χ2v) is 3.52. The number of rotatable bonds is 5. The van der Waals surface area contributed by atoms with Gasteiger partial charge < -0.3 is 0 Å². The molecular formula is C11H17NO. The summed E-state index contributed by atoms with van der Waals surface area (Å²) in [6.45, 7) is 5.83. The Hall–Kier alpha value is -0.860. The van der Waals surface area contributed by atoms with Gasteiger partial charge in [-0.1, -0.05) is 44.2 Å². The highest BCUT2D eigenvalue weighted by Gasteiger charge is 1.93. The van der Waals surface area contributed by atoms with E-state index in [-0.39, 0.29) is 0 Å². The molecule has 1 aromatic rings. The van der Waals surface area contributed by atoms with Crippen molar-refractivity contribution in [1.82, 2.24) is 5.48 Å². The molecule has 13 heavy (non-hydrogen) atoms. The van der Waals surface area contributed by atoms with Crippen molar-refractivity contribution in [2.24, 2.45) is 5.92 Å². The fourth-order valence-corrected chi connectivity index (χ4v) is 0.934. The summed E-state index contributed by atoms with van der Waals surface area (Å²) in [4.78, 5) is 5.28. The van der Waals surface area contributed by atoms with E-state index in [1.807, 2.05) is 18.2 Å². The lowest BCUT2D eigenvalue weighted by atomic mass is 10.2. The predicted octanol–water partition coefficient (Wildman–Crippen LogP) is 2.36. The molecule has 0 amide bonds. The predicted molar refractivity (Wildman–Crippen MR) is 54.1 cm³/mol. The molecular weight excluding hydrogens is 162 g/mol. The first-order valence-corrected chi connectivity index (χ1v) is 4.67. The molecule has 0 saturated heterocycles. The van der Waals surface area contributed by atoms with E-state index in [1.54, 1.807) is 0 Å². The van der Waals surface area contributed by atoms with Crippen LogP contribution < -0.4 is 5.48 Å². The molecule has 0 fully saturated rings. The Morgan fingerprint density at radius 2 is 1.92 bits per heavy atom. The monoisotopic (exact) mass is 179 g/mol. The summed E-state index contributed by atoms with van der Waals surface area (Å²) < 4.78 is 0. The Balaban J connectivity index is 2.13. The van der Waals surface area contributed by atoms with Gasteiger partial charge in [0.15, 0.2) is 0 Å². The molecule has 0 aliphatic rings. The molecule has 0 spiro atoms. The van der Waals surface area contributed by atoms with Gasteiger partial charge in [0.2, 0.25) is 0 Å². The summed E-state index contributed by atoms with van der Waals surface area (Å²) in [5.41, 5.74) is 4.13. The first-order chi connectivity index (χ1) is 6.29. The molecule has 2 heteroatoms. The van der Waals surface area contributed by atoms with Crippen molar-refractivity contribution < 1.29 is 4.84 Å². The molecule has 0 heterocycles. The van der Waals surface area contributed by atoms with Crippen LogP contribution in [0.25, 0.3) is 0 Å². The zero-order valence-corrected chi connectivity index (χ0v) is 8.29. The molecule has 0 aliphatic carbocycles. The highest BCUT2D eigenvalue weighted by molar-refractivity contribution is 5.13. The summed E-state index contributed by atoms with van der Waals surface area (Å²) in [5, 5.41) is 0. The Kier molecular flexibility index (Phi) is 4.50. The molecule has 0 atom stereocenters. The van der Waals surface area contributed by atoms with E-state index in [4.69, 9.17) is 4.84 Å². The average Bonchev–Trinajstić information content (AvgIpc) is 2.14. The van der Waals surface area contributed by atoms with Gasteiger partial charge in [-0.05, 0) is 11.5 Å². The van der Waals surface area contributed by atoms with E-state index < -0.39 is 0 Å². The van der Waals surface area contributed by atoms with E-state index in [2.05, 4.69) is 31.5 Å². The smallest absolute Gasteiger partial charge is 0.0933 e. The maximum atomic E-state index is 5.28. The normalized spacial score (nSPS) is 10.7. The summed E-state index contributed by atoms with van der Waals surface area (Å²) in [5.74, 6) is 0.621. The fourth-order valence-electron chi connectivity index (χ4n) is 0.934. The van der Waals surface area contributed by atoms with Crippen molar-refractivity contribution in [3.63, 3.8) is 0 Å². The minimum atomic E-state index is 0.621. The number of hydroxylamine groups is 1. The largest absolute Gasteiger partial charge is 0.297 e. The number of benzene rings is 1. The van der Waals surface area contributed by atoms with Crippen molar-refractivity contribution in [2.75, 3.05) is 6.54 Å². The molecule has 2 nitrogen and oxygen atoms in total. The lowest BCUT2D eigenvalue weighted by Crippen LogP contribution is -2.19. The summed E-state index contributed by atoms with van der Waals surface area (Å²) in [6, 6.07) is 10.1. The first kappa shape index (κ1) is 10.2. The maximum absolute atomic E-state index is 5.28. The van der Waals surface area contributed by atoms with Crippen LogP contribution in [-0.4, -0.2) is 6.54 Å². The van der Waals surface area contributed by atoms with Gasteiger partial charge in [-0.2, -0.15) is 0 Å². The Bertz CT molecular complexity index is 221. The summed E-state index contributed by atoms with van der Waals surface area (Å²) in [6.07, 6.45) is 0. The van der Waals surface area contributed by atoms with Gasteiger partial charge >= 0.3 is 0 Å². The van der Waals surface area contributed by atoms with Crippen LogP contribution in [0.3, 0.4) is 0 Å². The first-order valence-electron chi connectivity index (χ1n) is 4.67. The zero-order chi connectivity index (χ0) is 9.52. The SMILES string of the molecule is CC(C)CNOCc1ccccc1.